The number of anilines is 1. The second-order valence-corrected chi connectivity index (χ2v) is 8.13. The van der Waals surface area contributed by atoms with Gasteiger partial charge in [0, 0.05) is 30.3 Å². The van der Waals surface area contributed by atoms with Gasteiger partial charge in [-0.15, -0.1) is 0 Å². The zero-order chi connectivity index (χ0) is 22.8. The van der Waals surface area contributed by atoms with E-state index in [1.165, 1.54) is 6.07 Å². The van der Waals surface area contributed by atoms with E-state index in [1.54, 1.807) is 31.2 Å². The highest BCUT2D eigenvalue weighted by Crippen LogP contribution is 2.36. The second kappa shape index (κ2) is 8.93. The van der Waals surface area contributed by atoms with Crippen molar-refractivity contribution in [3.8, 4) is 6.07 Å². The van der Waals surface area contributed by atoms with E-state index in [1.807, 2.05) is 13.0 Å². The first-order valence-corrected chi connectivity index (χ1v) is 10.6. The number of fused-ring (bicyclic) bond motifs is 1. The highest BCUT2D eigenvalue weighted by Gasteiger charge is 2.24. The van der Waals surface area contributed by atoms with E-state index in [0.717, 1.165) is 24.0 Å². The Bertz CT molecular complexity index is 1230. The van der Waals surface area contributed by atoms with Gasteiger partial charge in [0.15, 0.2) is 5.82 Å². The predicted molar refractivity (Wildman–Crippen MR) is 119 cm³/mol. The number of carboxylic acids is 1. The lowest BCUT2D eigenvalue weighted by molar-refractivity contribution is 0.0698. The van der Waals surface area contributed by atoms with Crippen LogP contribution in [0.2, 0.25) is 0 Å². The van der Waals surface area contributed by atoms with Gasteiger partial charge < -0.3 is 15.2 Å². The minimum atomic E-state index is -1.03. The molecule has 1 aromatic heterocycles. The SMILES string of the molecule is Cc1cc([C@H](C)Nc2ccccc2C(=O)O)c2cc(C3CCOCC3)c(C#N)nc2c1F. The smallest absolute Gasteiger partial charge is 0.337 e. The van der Waals surface area contributed by atoms with E-state index >= 15 is 4.39 Å². The zero-order valence-electron chi connectivity index (χ0n) is 18.0. The first kappa shape index (κ1) is 21.7. The van der Waals surface area contributed by atoms with E-state index < -0.39 is 11.8 Å². The number of aromatic nitrogens is 1. The van der Waals surface area contributed by atoms with Gasteiger partial charge in [-0.1, -0.05) is 18.2 Å². The molecule has 1 aliphatic heterocycles. The quantitative estimate of drug-likeness (QED) is 0.565. The number of pyridine rings is 1. The van der Waals surface area contributed by atoms with Crippen LogP contribution in [0.15, 0.2) is 36.4 Å². The highest BCUT2D eigenvalue weighted by atomic mass is 19.1. The van der Waals surface area contributed by atoms with E-state index in [0.29, 0.717) is 29.9 Å². The van der Waals surface area contributed by atoms with Crippen molar-refractivity contribution < 1.29 is 19.0 Å². The number of nitrogens with zero attached hydrogens (tertiary/aromatic N) is 2. The molecule has 0 unspecified atom stereocenters. The molecule has 1 fully saturated rings. The molecule has 3 aromatic rings. The van der Waals surface area contributed by atoms with Gasteiger partial charge in [-0.05, 0) is 67.5 Å². The molecule has 4 rings (SSSR count). The summed E-state index contributed by atoms with van der Waals surface area (Å²) in [5.41, 5.74) is 3.08. The average molecular weight is 433 g/mol. The van der Waals surface area contributed by atoms with Crippen LogP contribution in [-0.2, 0) is 4.74 Å². The Morgan fingerprint density at radius 1 is 1.31 bits per heavy atom. The number of rotatable bonds is 5. The number of halogens is 1. The van der Waals surface area contributed by atoms with Crippen LogP contribution in [0.5, 0.6) is 0 Å². The van der Waals surface area contributed by atoms with Gasteiger partial charge >= 0.3 is 5.97 Å². The largest absolute Gasteiger partial charge is 0.478 e. The fraction of sp³-hybridized carbons (Fsp3) is 0.320. The summed E-state index contributed by atoms with van der Waals surface area (Å²) in [4.78, 5) is 16.0. The lowest BCUT2D eigenvalue weighted by Gasteiger charge is -2.25. The monoisotopic (exact) mass is 433 g/mol. The predicted octanol–water partition coefficient (Wildman–Crippen LogP) is 5.32. The Morgan fingerprint density at radius 2 is 2.03 bits per heavy atom. The number of nitrogens with one attached hydrogen (secondary N) is 1. The van der Waals surface area contributed by atoms with E-state index in [-0.39, 0.29) is 28.7 Å². The Labute approximate surface area is 185 Å². The molecule has 32 heavy (non-hydrogen) atoms. The standard InChI is InChI=1S/C25H24FN3O3/c1-14-11-18(15(2)28-21-6-4-3-5-17(21)25(30)31)20-12-19(16-7-9-32-10-8-16)22(13-27)29-24(20)23(14)26/h3-6,11-12,15-16,28H,7-10H2,1-2H3,(H,30,31)/t15-/m0/s1. The summed E-state index contributed by atoms with van der Waals surface area (Å²) in [7, 11) is 0. The Balaban J connectivity index is 1.84. The van der Waals surface area contributed by atoms with E-state index in [9.17, 15) is 15.2 Å². The normalized spacial score (nSPS) is 15.3. The number of carboxylic acid groups (broad SMARTS) is 1. The number of carbonyl (C=O) groups is 1. The van der Waals surface area contributed by atoms with Gasteiger partial charge in [-0.2, -0.15) is 5.26 Å². The number of nitriles is 1. The van der Waals surface area contributed by atoms with Crippen molar-refractivity contribution in [3.63, 3.8) is 0 Å². The molecule has 7 heteroatoms. The molecule has 6 nitrogen and oxygen atoms in total. The molecule has 164 valence electrons. The van der Waals surface area contributed by atoms with Crippen molar-refractivity contribution in [3.05, 3.63) is 70.2 Å². The Hall–Kier alpha value is -3.50. The van der Waals surface area contributed by atoms with Gasteiger partial charge in [0.1, 0.15) is 17.3 Å². The summed E-state index contributed by atoms with van der Waals surface area (Å²) in [5, 5.41) is 23.1. The maximum absolute atomic E-state index is 15.0. The number of aromatic carboxylic acids is 1. The van der Waals surface area contributed by atoms with Crippen molar-refractivity contribution >= 4 is 22.6 Å². The topological polar surface area (TPSA) is 95.2 Å². The molecule has 1 aliphatic rings. The van der Waals surface area contributed by atoms with Crippen molar-refractivity contribution in [1.29, 1.82) is 5.26 Å². The first-order valence-electron chi connectivity index (χ1n) is 10.6. The molecule has 0 spiro atoms. The van der Waals surface area contributed by atoms with Gasteiger partial charge in [0.25, 0.3) is 0 Å². The molecule has 0 amide bonds. The van der Waals surface area contributed by atoms with Crippen molar-refractivity contribution in [2.24, 2.45) is 0 Å². The van der Waals surface area contributed by atoms with Crippen molar-refractivity contribution in [1.82, 2.24) is 4.98 Å². The van der Waals surface area contributed by atoms with Gasteiger partial charge in [-0.25, -0.2) is 14.2 Å². The molecule has 2 aromatic carbocycles. The second-order valence-electron chi connectivity index (χ2n) is 8.13. The number of hydrogen-bond donors (Lipinski definition) is 2. The first-order chi connectivity index (χ1) is 15.4. The zero-order valence-corrected chi connectivity index (χ0v) is 18.0. The molecule has 0 saturated carbocycles. The van der Waals surface area contributed by atoms with Crippen LogP contribution in [0.25, 0.3) is 10.9 Å². The van der Waals surface area contributed by atoms with Gasteiger partial charge in [0.05, 0.1) is 5.56 Å². The number of ether oxygens (including phenoxy) is 1. The summed E-state index contributed by atoms with van der Waals surface area (Å²) in [6, 6.07) is 12.1. The minimum Gasteiger partial charge on any atom is -0.478 e. The fourth-order valence-corrected chi connectivity index (χ4v) is 4.35. The van der Waals surface area contributed by atoms with Gasteiger partial charge in [-0.3, -0.25) is 0 Å². The van der Waals surface area contributed by atoms with Gasteiger partial charge in [0.2, 0.25) is 0 Å². The number of aryl methyl sites for hydroxylation is 1. The summed E-state index contributed by atoms with van der Waals surface area (Å²) < 4.78 is 20.5. The third-order valence-corrected chi connectivity index (χ3v) is 6.05. The number of para-hydroxylation sites is 1. The number of benzene rings is 2. The summed E-state index contributed by atoms with van der Waals surface area (Å²) >= 11 is 0. The summed E-state index contributed by atoms with van der Waals surface area (Å²) in [6.45, 7) is 4.80. The van der Waals surface area contributed by atoms with Crippen LogP contribution in [0.3, 0.4) is 0 Å². The Morgan fingerprint density at radius 3 is 2.72 bits per heavy atom. The maximum atomic E-state index is 15.0. The molecule has 2 N–H and O–H groups in total. The lowest BCUT2D eigenvalue weighted by Crippen LogP contribution is -2.16. The van der Waals surface area contributed by atoms with E-state index in [4.69, 9.17) is 4.74 Å². The van der Waals surface area contributed by atoms with Crippen LogP contribution in [0.4, 0.5) is 10.1 Å². The molecule has 1 atom stereocenters. The van der Waals surface area contributed by atoms with Crippen LogP contribution < -0.4 is 5.32 Å². The summed E-state index contributed by atoms with van der Waals surface area (Å²) in [5.74, 6) is -1.34. The van der Waals surface area contributed by atoms with E-state index in [2.05, 4.69) is 16.4 Å². The van der Waals surface area contributed by atoms with Crippen LogP contribution in [0.1, 0.15) is 64.5 Å². The van der Waals surface area contributed by atoms with Crippen molar-refractivity contribution in [2.75, 3.05) is 18.5 Å². The molecule has 0 aliphatic carbocycles. The van der Waals surface area contributed by atoms with Crippen LogP contribution >= 0.6 is 0 Å². The molecule has 2 heterocycles. The molecule has 0 radical (unpaired) electrons. The third-order valence-electron chi connectivity index (χ3n) is 6.05. The summed E-state index contributed by atoms with van der Waals surface area (Å²) in [6.07, 6.45) is 1.57. The fourth-order valence-electron chi connectivity index (χ4n) is 4.35. The van der Waals surface area contributed by atoms with Crippen LogP contribution in [0, 0.1) is 24.1 Å². The van der Waals surface area contributed by atoms with Crippen molar-refractivity contribution in [2.45, 2.75) is 38.6 Å². The molecular weight excluding hydrogens is 409 g/mol. The maximum Gasteiger partial charge on any atom is 0.337 e. The Kier molecular flexibility index (Phi) is 6.06. The average Bonchev–Trinajstić information content (AvgIpc) is 2.81. The number of hydrogen-bond acceptors (Lipinski definition) is 5. The lowest BCUT2D eigenvalue weighted by atomic mass is 9.88. The third kappa shape index (κ3) is 4.02. The molecular formula is C25H24FN3O3. The highest BCUT2D eigenvalue weighted by molar-refractivity contribution is 5.94. The molecule has 0 bridgehead atoms. The van der Waals surface area contributed by atoms with Crippen LogP contribution in [-0.4, -0.2) is 29.3 Å². The minimum absolute atomic E-state index is 0.128. The molecule has 1 saturated heterocycles.